The first-order chi connectivity index (χ1) is 11.1. The average molecular weight is 305 g/mol. The molecule has 0 aromatic heterocycles. The number of benzene rings is 2. The monoisotopic (exact) mass is 305 g/mol. The Labute approximate surface area is 137 Å². The summed E-state index contributed by atoms with van der Waals surface area (Å²) in [5.74, 6) is 0.559. The van der Waals surface area contributed by atoms with Crippen LogP contribution in [0.3, 0.4) is 0 Å². The Morgan fingerprint density at radius 1 is 0.957 bits per heavy atom. The molecule has 0 aliphatic heterocycles. The molecule has 23 heavy (non-hydrogen) atoms. The molecule has 2 N–H and O–H groups in total. The van der Waals surface area contributed by atoms with Gasteiger partial charge in [-0.15, -0.1) is 0 Å². The predicted molar refractivity (Wildman–Crippen MR) is 95.9 cm³/mol. The van der Waals surface area contributed by atoms with Gasteiger partial charge >= 0.3 is 7.12 Å². The number of hydrogen-bond donors (Lipinski definition) is 2. The smallest absolute Gasteiger partial charge is 0.423 e. The Balaban J connectivity index is 2.00. The quantitative estimate of drug-likeness (QED) is 0.854. The lowest BCUT2D eigenvalue weighted by molar-refractivity contribution is 0.426. The number of para-hydroxylation sites is 1. The third-order valence-electron chi connectivity index (χ3n) is 4.02. The van der Waals surface area contributed by atoms with Gasteiger partial charge in [-0.1, -0.05) is 49.4 Å². The van der Waals surface area contributed by atoms with Crippen molar-refractivity contribution in [2.45, 2.75) is 13.3 Å². The molecule has 0 saturated carbocycles. The van der Waals surface area contributed by atoms with E-state index in [-0.39, 0.29) is 0 Å². The fraction of sp³-hybridized carbons (Fsp3) is 0.158. The summed E-state index contributed by atoms with van der Waals surface area (Å²) in [5.41, 5.74) is 3.69. The van der Waals surface area contributed by atoms with Crippen LogP contribution >= 0.6 is 0 Å². The molecule has 1 aliphatic carbocycles. The lowest BCUT2D eigenvalue weighted by Crippen LogP contribution is -2.29. The fourth-order valence-corrected chi connectivity index (χ4v) is 2.70. The van der Waals surface area contributed by atoms with Crippen LogP contribution in [0.2, 0.25) is 0 Å². The maximum absolute atomic E-state index is 9.27. The van der Waals surface area contributed by atoms with Crippen LogP contribution in [0.25, 0.3) is 0 Å². The van der Waals surface area contributed by atoms with E-state index in [0.717, 1.165) is 23.5 Å². The van der Waals surface area contributed by atoms with Gasteiger partial charge < -0.3 is 14.9 Å². The standard InChI is InChI=1S/C19H20BNO2/c1-15-7-11-18(12-8-15)21(17-5-3-2-4-6-17)19-13-9-16(10-14-19)20(22)23/h2-7,9-15,22-23H,8H2,1H3. The van der Waals surface area contributed by atoms with Crippen LogP contribution in [-0.4, -0.2) is 17.2 Å². The first-order valence-electron chi connectivity index (χ1n) is 7.85. The van der Waals surface area contributed by atoms with E-state index in [1.807, 2.05) is 30.3 Å². The second-order valence-corrected chi connectivity index (χ2v) is 5.84. The molecule has 0 bridgehead atoms. The van der Waals surface area contributed by atoms with Crippen LogP contribution in [0.4, 0.5) is 11.4 Å². The van der Waals surface area contributed by atoms with Crippen LogP contribution in [0.15, 0.2) is 78.5 Å². The lowest BCUT2D eigenvalue weighted by atomic mass is 9.80. The van der Waals surface area contributed by atoms with Crippen molar-refractivity contribution in [1.82, 2.24) is 0 Å². The highest BCUT2D eigenvalue weighted by Gasteiger charge is 2.17. The first kappa shape index (κ1) is 15.6. The van der Waals surface area contributed by atoms with Gasteiger partial charge in [-0.3, -0.25) is 0 Å². The molecule has 116 valence electrons. The molecule has 3 rings (SSSR count). The minimum atomic E-state index is -1.44. The van der Waals surface area contributed by atoms with Gasteiger partial charge in [-0.25, -0.2) is 0 Å². The number of anilines is 2. The summed E-state index contributed by atoms with van der Waals surface area (Å²) in [6.45, 7) is 2.20. The second kappa shape index (κ2) is 6.86. The number of rotatable bonds is 4. The van der Waals surface area contributed by atoms with Gasteiger partial charge in [0.25, 0.3) is 0 Å². The van der Waals surface area contributed by atoms with E-state index in [0.29, 0.717) is 11.4 Å². The Kier molecular flexibility index (Phi) is 4.65. The molecule has 0 saturated heterocycles. The molecule has 1 aliphatic rings. The Morgan fingerprint density at radius 3 is 2.17 bits per heavy atom. The highest BCUT2D eigenvalue weighted by molar-refractivity contribution is 6.58. The van der Waals surface area contributed by atoms with E-state index in [4.69, 9.17) is 0 Å². The summed E-state index contributed by atoms with van der Waals surface area (Å²) in [7, 11) is -1.44. The van der Waals surface area contributed by atoms with Crippen molar-refractivity contribution in [3.63, 3.8) is 0 Å². The van der Waals surface area contributed by atoms with Crippen LogP contribution in [0, 0.1) is 5.92 Å². The van der Waals surface area contributed by atoms with Crippen molar-refractivity contribution in [2.75, 3.05) is 4.90 Å². The molecule has 0 radical (unpaired) electrons. The maximum Gasteiger partial charge on any atom is 0.488 e. The van der Waals surface area contributed by atoms with Crippen molar-refractivity contribution in [1.29, 1.82) is 0 Å². The Hall–Kier alpha value is -2.30. The van der Waals surface area contributed by atoms with E-state index in [1.165, 1.54) is 0 Å². The zero-order valence-corrected chi connectivity index (χ0v) is 13.1. The van der Waals surface area contributed by atoms with Crippen molar-refractivity contribution in [2.24, 2.45) is 5.92 Å². The van der Waals surface area contributed by atoms with E-state index in [1.54, 1.807) is 12.1 Å². The van der Waals surface area contributed by atoms with E-state index < -0.39 is 7.12 Å². The van der Waals surface area contributed by atoms with Gasteiger partial charge in [0, 0.05) is 17.1 Å². The molecule has 0 fully saturated rings. The molecule has 0 spiro atoms. The molecule has 1 unspecified atom stereocenters. The molecule has 4 heteroatoms. The fourth-order valence-electron chi connectivity index (χ4n) is 2.70. The normalized spacial score (nSPS) is 16.8. The number of allylic oxidation sites excluding steroid dienone is 3. The zero-order chi connectivity index (χ0) is 16.2. The van der Waals surface area contributed by atoms with Gasteiger partial charge in [-0.05, 0) is 48.1 Å². The van der Waals surface area contributed by atoms with Gasteiger partial charge in [0.05, 0.1) is 0 Å². The molecule has 2 aromatic carbocycles. The third kappa shape index (κ3) is 3.55. The molecular weight excluding hydrogens is 285 g/mol. The summed E-state index contributed by atoms with van der Waals surface area (Å²) in [6.07, 6.45) is 7.63. The van der Waals surface area contributed by atoms with Crippen LogP contribution in [-0.2, 0) is 0 Å². The minimum Gasteiger partial charge on any atom is -0.423 e. The zero-order valence-electron chi connectivity index (χ0n) is 13.1. The van der Waals surface area contributed by atoms with Crippen molar-refractivity contribution >= 4 is 24.0 Å². The van der Waals surface area contributed by atoms with E-state index in [9.17, 15) is 10.0 Å². The summed E-state index contributed by atoms with van der Waals surface area (Å²) in [4.78, 5) is 2.18. The van der Waals surface area contributed by atoms with E-state index in [2.05, 4.69) is 42.2 Å². The van der Waals surface area contributed by atoms with Gasteiger partial charge in [0.15, 0.2) is 0 Å². The van der Waals surface area contributed by atoms with Crippen LogP contribution in [0.1, 0.15) is 13.3 Å². The topological polar surface area (TPSA) is 43.7 Å². The number of hydrogen-bond acceptors (Lipinski definition) is 3. The third-order valence-corrected chi connectivity index (χ3v) is 4.02. The first-order valence-corrected chi connectivity index (χ1v) is 7.85. The SMILES string of the molecule is CC1C=CC(N(c2ccccc2)c2ccc(B(O)O)cc2)=CC1. The Morgan fingerprint density at radius 2 is 1.61 bits per heavy atom. The van der Waals surface area contributed by atoms with Gasteiger partial charge in [-0.2, -0.15) is 0 Å². The van der Waals surface area contributed by atoms with Crippen LogP contribution < -0.4 is 10.4 Å². The molecule has 3 nitrogen and oxygen atoms in total. The summed E-state index contributed by atoms with van der Waals surface area (Å²) >= 11 is 0. The molecule has 0 amide bonds. The van der Waals surface area contributed by atoms with Gasteiger partial charge in [0.2, 0.25) is 0 Å². The molecule has 1 atom stereocenters. The van der Waals surface area contributed by atoms with Gasteiger partial charge in [0.1, 0.15) is 0 Å². The predicted octanol–water partition coefficient (Wildman–Crippen LogP) is 2.98. The summed E-state index contributed by atoms with van der Waals surface area (Å²) in [5, 5.41) is 18.5. The highest BCUT2D eigenvalue weighted by atomic mass is 16.4. The van der Waals surface area contributed by atoms with Crippen molar-refractivity contribution in [3.05, 3.63) is 78.5 Å². The van der Waals surface area contributed by atoms with E-state index >= 15 is 0 Å². The largest absolute Gasteiger partial charge is 0.488 e. The summed E-state index contributed by atoms with van der Waals surface area (Å²) in [6, 6.07) is 17.5. The lowest BCUT2D eigenvalue weighted by Gasteiger charge is -2.28. The maximum atomic E-state index is 9.27. The van der Waals surface area contributed by atoms with Crippen molar-refractivity contribution in [3.8, 4) is 0 Å². The molecule has 2 aromatic rings. The number of nitrogens with zero attached hydrogens (tertiary/aromatic N) is 1. The highest BCUT2D eigenvalue weighted by Crippen LogP contribution is 2.32. The minimum absolute atomic E-state index is 0.489. The molecule has 0 heterocycles. The summed E-state index contributed by atoms with van der Waals surface area (Å²) < 4.78 is 0. The Bertz CT molecular complexity index is 708. The van der Waals surface area contributed by atoms with Crippen LogP contribution in [0.5, 0.6) is 0 Å². The van der Waals surface area contributed by atoms with Crippen molar-refractivity contribution < 1.29 is 10.0 Å². The molecular formula is C19H20BNO2. The second-order valence-electron chi connectivity index (χ2n) is 5.84. The average Bonchev–Trinajstić information content (AvgIpc) is 2.58.